The van der Waals surface area contributed by atoms with Crippen molar-refractivity contribution in [2.24, 2.45) is 0 Å². The van der Waals surface area contributed by atoms with Gasteiger partial charge < -0.3 is 10.2 Å². The minimum absolute atomic E-state index is 0.130. The summed E-state index contributed by atoms with van der Waals surface area (Å²) in [5.41, 5.74) is 5.12. The number of aryl methyl sites for hydroxylation is 3. The summed E-state index contributed by atoms with van der Waals surface area (Å²) in [4.78, 5) is 29.2. The third-order valence-electron chi connectivity index (χ3n) is 6.76. The first-order valence-electron chi connectivity index (χ1n) is 13.1. The molecule has 2 amide bonds. The maximum absolute atomic E-state index is 14.1. The van der Waals surface area contributed by atoms with Crippen LogP contribution in [0.5, 0.6) is 0 Å². The van der Waals surface area contributed by atoms with Gasteiger partial charge in [0.05, 0.1) is 11.9 Å². The molecule has 0 saturated heterocycles. The van der Waals surface area contributed by atoms with E-state index < -0.39 is 28.5 Å². The van der Waals surface area contributed by atoms with Crippen LogP contribution in [0.4, 0.5) is 5.69 Å². The zero-order valence-corrected chi connectivity index (χ0v) is 24.5. The maximum atomic E-state index is 14.1. The van der Waals surface area contributed by atoms with E-state index in [1.54, 1.807) is 12.1 Å². The van der Waals surface area contributed by atoms with Gasteiger partial charge in [-0.05, 0) is 74.6 Å². The highest BCUT2D eigenvalue weighted by Crippen LogP contribution is 2.23. The second kappa shape index (κ2) is 12.9. The number of amides is 2. The van der Waals surface area contributed by atoms with Gasteiger partial charge >= 0.3 is 0 Å². The normalized spacial score (nSPS) is 12.2. The van der Waals surface area contributed by atoms with Crippen LogP contribution >= 0.6 is 0 Å². The zero-order chi connectivity index (χ0) is 28.7. The van der Waals surface area contributed by atoms with Crippen molar-refractivity contribution in [2.75, 3.05) is 17.1 Å². The van der Waals surface area contributed by atoms with E-state index in [0.717, 1.165) is 38.4 Å². The molecule has 1 atom stereocenters. The van der Waals surface area contributed by atoms with Crippen LogP contribution in [-0.4, -0.2) is 50.0 Å². The van der Waals surface area contributed by atoms with E-state index in [9.17, 15) is 18.0 Å². The smallest absolute Gasteiger partial charge is 0.244 e. The lowest BCUT2D eigenvalue weighted by atomic mass is 10.0. The Morgan fingerprint density at radius 3 is 2.08 bits per heavy atom. The molecule has 0 heterocycles. The Hall–Kier alpha value is -3.65. The molecule has 1 N–H and O–H groups in total. The van der Waals surface area contributed by atoms with Crippen molar-refractivity contribution in [1.29, 1.82) is 0 Å². The number of benzene rings is 3. The molecule has 208 valence electrons. The summed E-state index contributed by atoms with van der Waals surface area (Å²) in [6, 6.07) is 21.6. The molecule has 0 aromatic heterocycles. The van der Waals surface area contributed by atoms with Gasteiger partial charge in [0, 0.05) is 19.0 Å². The highest BCUT2D eigenvalue weighted by Gasteiger charge is 2.33. The van der Waals surface area contributed by atoms with Crippen LogP contribution in [0, 0.1) is 20.8 Å². The number of carbonyl (C=O) groups excluding carboxylic acids is 2. The molecule has 0 aliphatic rings. The fraction of sp³-hybridized carbons (Fsp3) is 0.355. The highest BCUT2D eigenvalue weighted by atomic mass is 32.2. The monoisotopic (exact) mass is 549 g/mol. The molecule has 0 unspecified atom stereocenters. The van der Waals surface area contributed by atoms with Gasteiger partial charge in [0.1, 0.15) is 12.6 Å². The van der Waals surface area contributed by atoms with Crippen LogP contribution in [-0.2, 0) is 32.6 Å². The van der Waals surface area contributed by atoms with Gasteiger partial charge in [0.15, 0.2) is 0 Å². The second-order valence-electron chi connectivity index (χ2n) is 10.4. The number of hydrogen-bond donors (Lipinski definition) is 1. The Kier molecular flexibility index (Phi) is 9.92. The standard InChI is InChI=1S/C31H39N3O4S/c1-22(2)32-31(36)29(19-26-13-8-7-9-14-26)33(20-27-15-11-10-12-24(27)4)30(35)21-34(39(6,37)38)28-17-16-23(3)25(5)18-28/h7-18,22,29H,19-21H2,1-6H3,(H,32,36)/t29-/m1/s1. The fourth-order valence-electron chi connectivity index (χ4n) is 4.40. The van der Waals surface area contributed by atoms with Gasteiger partial charge in [-0.25, -0.2) is 8.42 Å². The Morgan fingerprint density at radius 1 is 0.846 bits per heavy atom. The molecule has 0 fully saturated rings. The summed E-state index contributed by atoms with van der Waals surface area (Å²) in [7, 11) is -3.80. The Bertz CT molecular complexity index is 1400. The second-order valence-corrected chi connectivity index (χ2v) is 12.3. The first kappa shape index (κ1) is 29.9. The van der Waals surface area contributed by atoms with Gasteiger partial charge in [-0.3, -0.25) is 13.9 Å². The lowest BCUT2D eigenvalue weighted by Gasteiger charge is -2.34. The van der Waals surface area contributed by atoms with Crippen molar-refractivity contribution in [3.05, 3.63) is 101 Å². The molecular formula is C31H39N3O4S. The van der Waals surface area contributed by atoms with Crippen LogP contribution < -0.4 is 9.62 Å². The Labute approximate surface area is 232 Å². The highest BCUT2D eigenvalue weighted by molar-refractivity contribution is 7.92. The maximum Gasteiger partial charge on any atom is 0.244 e. The third-order valence-corrected chi connectivity index (χ3v) is 7.90. The van der Waals surface area contributed by atoms with E-state index >= 15 is 0 Å². The summed E-state index contributed by atoms with van der Waals surface area (Å²) in [5.74, 6) is -0.741. The van der Waals surface area contributed by atoms with Gasteiger partial charge in [-0.15, -0.1) is 0 Å². The van der Waals surface area contributed by atoms with Crippen LogP contribution in [0.15, 0.2) is 72.8 Å². The summed E-state index contributed by atoms with van der Waals surface area (Å²) >= 11 is 0. The lowest BCUT2D eigenvalue weighted by molar-refractivity contribution is -0.140. The fourth-order valence-corrected chi connectivity index (χ4v) is 5.24. The summed E-state index contributed by atoms with van der Waals surface area (Å²) in [5, 5.41) is 2.96. The van der Waals surface area contributed by atoms with Gasteiger partial charge in [-0.2, -0.15) is 0 Å². The van der Waals surface area contributed by atoms with E-state index in [-0.39, 0.29) is 18.5 Å². The Morgan fingerprint density at radius 2 is 1.49 bits per heavy atom. The van der Waals surface area contributed by atoms with E-state index in [2.05, 4.69) is 5.32 Å². The first-order valence-corrected chi connectivity index (χ1v) is 14.9. The Balaban J connectivity index is 2.08. The molecule has 0 aliphatic carbocycles. The minimum Gasteiger partial charge on any atom is -0.352 e. The number of nitrogens with zero attached hydrogens (tertiary/aromatic N) is 2. The molecule has 8 heteroatoms. The van der Waals surface area contributed by atoms with E-state index in [1.165, 1.54) is 4.90 Å². The predicted octanol–water partition coefficient (Wildman–Crippen LogP) is 4.54. The topological polar surface area (TPSA) is 86.8 Å². The number of anilines is 1. The summed E-state index contributed by atoms with van der Waals surface area (Å²) < 4.78 is 26.9. The van der Waals surface area contributed by atoms with E-state index in [4.69, 9.17) is 0 Å². The number of rotatable bonds is 11. The lowest BCUT2D eigenvalue weighted by Crippen LogP contribution is -2.54. The van der Waals surface area contributed by atoms with Crippen molar-refractivity contribution < 1.29 is 18.0 Å². The average molecular weight is 550 g/mol. The summed E-state index contributed by atoms with van der Waals surface area (Å²) in [6.45, 7) is 9.28. The predicted molar refractivity (Wildman–Crippen MR) is 157 cm³/mol. The molecule has 3 aromatic carbocycles. The third kappa shape index (κ3) is 8.17. The van der Waals surface area contributed by atoms with Crippen molar-refractivity contribution in [1.82, 2.24) is 10.2 Å². The van der Waals surface area contributed by atoms with Crippen LogP contribution in [0.3, 0.4) is 0 Å². The molecule has 0 radical (unpaired) electrons. The van der Waals surface area contributed by atoms with Crippen molar-refractivity contribution in [2.45, 2.75) is 59.7 Å². The largest absolute Gasteiger partial charge is 0.352 e. The van der Waals surface area contributed by atoms with Crippen LogP contribution in [0.1, 0.15) is 41.7 Å². The molecule has 39 heavy (non-hydrogen) atoms. The molecule has 0 bridgehead atoms. The number of hydrogen-bond acceptors (Lipinski definition) is 4. The SMILES string of the molecule is Cc1ccc(N(CC(=O)N(Cc2ccccc2C)[C@H](Cc2ccccc2)C(=O)NC(C)C)S(C)(=O)=O)cc1C. The number of carbonyl (C=O) groups is 2. The van der Waals surface area contributed by atoms with Crippen molar-refractivity contribution in [3.63, 3.8) is 0 Å². The molecule has 7 nitrogen and oxygen atoms in total. The molecule has 0 aliphatic heterocycles. The van der Waals surface area contributed by atoms with Crippen molar-refractivity contribution in [3.8, 4) is 0 Å². The van der Waals surface area contributed by atoms with E-state index in [1.807, 2.05) is 95.3 Å². The molecule has 0 saturated carbocycles. The van der Waals surface area contributed by atoms with Gasteiger partial charge in [0.25, 0.3) is 0 Å². The van der Waals surface area contributed by atoms with Gasteiger partial charge in [0.2, 0.25) is 21.8 Å². The van der Waals surface area contributed by atoms with Crippen LogP contribution in [0.2, 0.25) is 0 Å². The minimum atomic E-state index is -3.80. The number of nitrogens with one attached hydrogen (secondary N) is 1. The summed E-state index contributed by atoms with van der Waals surface area (Å²) in [6.07, 6.45) is 1.38. The van der Waals surface area contributed by atoms with E-state index in [0.29, 0.717) is 12.1 Å². The van der Waals surface area contributed by atoms with Gasteiger partial charge in [-0.1, -0.05) is 60.7 Å². The van der Waals surface area contributed by atoms with Crippen molar-refractivity contribution >= 4 is 27.5 Å². The number of sulfonamides is 1. The zero-order valence-electron chi connectivity index (χ0n) is 23.6. The quantitative estimate of drug-likeness (QED) is 0.380. The molecule has 0 spiro atoms. The molecule has 3 rings (SSSR count). The average Bonchev–Trinajstić information content (AvgIpc) is 2.87. The molecule has 3 aromatic rings. The first-order chi connectivity index (χ1) is 18.4. The molecular weight excluding hydrogens is 510 g/mol. The van der Waals surface area contributed by atoms with Crippen LogP contribution in [0.25, 0.3) is 0 Å².